The van der Waals surface area contributed by atoms with Crippen LogP contribution in [0.25, 0.3) is 5.57 Å². The van der Waals surface area contributed by atoms with Crippen LogP contribution in [0.3, 0.4) is 0 Å². The molecule has 3 aromatic heterocycles. The van der Waals surface area contributed by atoms with E-state index in [-0.39, 0.29) is 5.92 Å². The summed E-state index contributed by atoms with van der Waals surface area (Å²) >= 11 is 0. The van der Waals surface area contributed by atoms with Crippen LogP contribution in [0.2, 0.25) is 0 Å². The molecule has 0 spiro atoms. The zero-order valence-electron chi connectivity index (χ0n) is 21.1. The number of hydrogen-bond donors (Lipinski definition) is 2. The van der Waals surface area contributed by atoms with Crippen LogP contribution in [0.15, 0.2) is 47.7 Å². The maximum Gasteiger partial charge on any atom is 0.223 e. The molecule has 0 amide bonds. The van der Waals surface area contributed by atoms with Gasteiger partial charge in [0, 0.05) is 74.3 Å². The van der Waals surface area contributed by atoms with Gasteiger partial charge in [0.1, 0.15) is 5.82 Å². The SMILES string of the molecule is CC1=Nc2ccc(C3=CCc4nc(NCc5ccc(N6CCNCC6)nc5)ncc43)nc2C1C(C)C. The van der Waals surface area contributed by atoms with Crippen molar-refractivity contribution >= 4 is 28.7 Å². The van der Waals surface area contributed by atoms with Crippen molar-refractivity contribution in [3.63, 3.8) is 0 Å². The summed E-state index contributed by atoms with van der Waals surface area (Å²) in [4.78, 5) is 26.2. The molecule has 3 aliphatic rings. The van der Waals surface area contributed by atoms with Crippen LogP contribution in [0.5, 0.6) is 0 Å². The standard InChI is InChI=1S/C28H32N8/c1-17(2)26-18(3)33-24-8-7-22(34-27(24)26)20-5-6-23-21(20)16-32-28(35-23)31-15-19-4-9-25(30-14-19)36-12-10-29-11-13-36/h4-5,7-9,14,16-17,26,29H,6,10-13,15H2,1-3H3,(H,31,32,35). The van der Waals surface area contributed by atoms with E-state index in [0.717, 1.165) is 83.6 Å². The van der Waals surface area contributed by atoms with Gasteiger partial charge in [0.05, 0.1) is 22.8 Å². The van der Waals surface area contributed by atoms with Gasteiger partial charge in [-0.05, 0) is 36.6 Å². The maximum atomic E-state index is 5.06. The first-order valence-electron chi connectivity index (χ1n) is 12.8. The molecule has 1 fully saturated rings. The number of fused-ring (bicyclic) bond motifs is 2. The molecule has 1 atom stereocenters. The van der Waals surface area contributed by atoms with Crippen molar-refractivity contribution in [3.8, 4) is 0 Å². The maximum absolute atomic E-state index is 5.06. The summed E-state index contributed by atoms with van der Waals surface area (Å²) in [5.74, 6) is 2.42. The van der Waals surface area contributed by atoms with Gasteiger partial charge in [0.2, 0.25) is 5.95 Å². The minimum Gasteiger partial charge on any atom is -0.354 e. The molecular formula is C28H32N8. The summed E-state index contributed by atoms with van der Waals surface area (Å²) in [6, 6.07) is 8.39. The normalized spacial score (nSPS) is 18.7. The van der Waals surface area contributed by atoms with Gasteiger partial charge in [0.25, 0.3) is 0 Å². The Morgan fingerprint density at radius 2 is 1.92 bits per heavy atom. The van der Waals surface area contributed by atoms with E-state index in [1.54, 1.807) is 0 Å². The van der Waals surface area contributed by atoms with Gasteiger partial charge in [0.15, 0.2) is 0 Å². The molecule has 2 aliphatic heterocycles. The molecule has 36 heavy (non-hydrogen) atoms. The Balaban J connectivity index is 1.14. The first kappa shape index (κ1) is 22.8. The number of nitrogens with one attached hydrogen (secondary N) is 2. The Labute approximate surface area is 212 Å². The summed E-state index contributed by atoms with van der Waals surface area (Å²) in [5, 5.41) is 6.74. The second kappa shape index (κ2) is 9.43. The quantitative estimate of drug-likeness (QED) is 0.548. The molecule has 1 unspecified atom stereocenters. The molecule has 8 nitrogen and oxygen atoms in total. The van der Waals surface area contributed by atoms with Gasteiger partial charge in [-0.2, -0.15) is 0 Å². The lowest BCUT2D eigenvalue weighted by molar-refractivity contribution is 0.585. The van der Waals surface area contributed by atoms with E-state index in [2.05, 4.69) is 76.6 Å². The Kier molecular flexibility index (Phi) is 5.97. The van der Waals surface area contributed by atoms with Crippen LogP contribution < -0.4 is 15.5 Å². The average molecular weight is 481 g/mol. The van der Waals surface area contributed by atoms with Crippen LogP contribution in [0.1, 0.15) is 54.9 Å². The molecular weight excluding hydrogens is 448 g/mol. The first-order chi connectivity index (χ1) is 17.6. The summed E-state index contributed by atoms with van der Waals surface area (Å²) in [7, 11) is 0. The molecule has 0 saturated carbocycles. The van der Waals surface area contributed by atoms with Crippen LogP contribution in [-0.4, -0.2) is 51.8 Å². The van der Waals surface area contributed by atoms with Gasteiger partial charge in [-0.25, -0.2) is 19.9 Å². The molecule has 1 saturated heterocycles. The fraction of sp³-hybridized carbons (Fsp3) is 0.393. The highest BCUT2D eigenvalue weighted by atomic mass is 15.2. The molecule has 3 aromatic rings. The molecule has 6 rings (SSSR count). The van der Waals surface area contributed by atoms with E-state index in [1.807, 2.05) is 12.4 Å². The number of piperazine rings is 1. The fourth-order valence-corrected chi connectivity index (χ4v) is 5.41. The van der Waals surface area contributed by atoms with Crippen LogP contribution in [0.4, 0.5) is 17.5 Å². The number of pyridine rings is 2. The molecule has 2 N–H and O–H groups in total. The van der Waals surface area contributed by atoms with Crippen molar-refractivity contribution in [2.75, 3.05) is 36.4 Å². The highest BCUT2D eigenvalue weighted by molar-refractivity contribution is 5.96. The summed E-state index contributed by atoms with van der Waals surface area (Å²) in [6.45, 7) is 11.2. The third kappa shape index (κ3) is 4.26. The molecule has 0 bridgehead atoms. The molecule has 5 heterocycles. The van der Waals surface area contributed by atoms with E-state index >= 15 is 0 Å². The highest BCUT2D eigenvalue weighted by Gasteiger charge is 2.30. The molecule has 0 aromatic carbocycles. The largest absolute Gasteiger partial charge is 0.354 e. The predicted molar refractivity (Wildman–Crippen MR) is 144 cm³/mol. The van der Waals surface area contributed by atoms with E-state index < -0.39 is 0 Å². The van der Waals surface area contributed by atoms with Gasteiger partial charge >= 0.3 is 0 Å². The van der Waals surface area contributed by atoms with Crippen LogP contribution >= 0.6 is 0 Å². The second-order valence-corrected chi connectivity index (χ2v) is 10.1. The topological polar surface area (TPSA) is 91.2 Å². The molecule has 0 radical (unpaired) electrons. The van der Waals surface area contributed by atoms with E-state index in [4.69, 9.17) is 15.0 Å². The predicted octanol–water partition coefficient (Wildman–Crippen LogP) is 4.12. The van der Waals surface area contributed by atoms with Gasteiger partial charge in [-0.1, -0.05) is 26.0 Å². The van der Waals surface area contributed by atoms with Crippen molar-refractivity contribution < 1.29 is 0 Å². The third-order valence-electron chi connectivity index (χ3n) is 7.24. The lowest BCUT2D eigenvalue weighted by Crippen LogP contribution is -2.43. The Bertz CT molecular complexity index is 1340. The van der Waals surface area contributed by atoms with Crippen molar-refractivity contribution in [1.29, 1.82) is 0 Å². The molecule has 8 heteroatoms. The van der Waals surface area contributed by atoms with Crippen LogP contribution in [0, 0.1) is 5.92 Å². The number of hydrogen-bond acceptors (Lipinski definition) is 8. The summed E-state index contributed by atoms with van der Waals surface area (Å²) in [6.07, 6.45) is 6.85. The smallest absolute Gasteiger partial charge is 0.223 e. The fourth-order valence-electron chi connectivity index (χ4n) is 5.41. The summed E-state index contributed by atoms with van der Waals surface area (Å²) in [5.41, 5.74) is 8.53. The monoisotopic (exact) mass is 480 g/mol. The Morgan fingerprint density at radius 1 is 1.06 bits per heavy atom. The Morgan fingerprint density at radius 3 is 2.69 bits per heavy atom. The summed E-state index contributed by atoms with van der Waals surface area (Å²) < 4.78 is 0. The number of aliphatic imine (C=N–C) groups is 1. The van der Waals surface area contributed by atoms with Gasteiger partial charge in [-0.3, -0.25) is 4.99 Å². The number of allylic oxidation sites excluding steroid dienone is 1. The minimum atomic E-state index is 0.282. The lowest BCUT2D eigenvalue weighted by atomic mass is 9.89. The minimum absolute atomic E-state index is 0.282. The van der Waals surface area contributed by atoms with Crippen LogP contribution in [-0.2, 0) is 13.0 Å². The Hall–Kier alpha value is -3.65. The van der Waals surface area contributed by atoms with E-state index in [1.165, 1.54) is 0 Å². The lowest BCUT2D eigenvalue weighted by Gasteiger charge is -2.28. The van der Waals surface area contributed by atoms with Gasteiger partial charge < -0.3 is 15.5 Å². The van der Waals surface area contributed by atoms with E-state index in [9.17, 15) is 0 Å². The van der Waals surface area contributed by atoms with Crippen molar-refractivity contribution in [1.82, 2.24) is 25.3 Å². The average Bonchev–Trinajstić information content (AvgIpc) is 3.47. The van der Waals surface area contributed by atoms with Crippen molar-refractivity contribution in [2.45, 2.75) is 39.7 Å². The number of rotatable bonds is 6. The highest BCUT2D eigenvalue weighted by Crippen LogP contribution is 2.40. The number of aromatic nitrogens is 4. The van der Waals surface area contributed by atoms with Crippen molar-refractivity contribution in [2.24, 2.45) is 10.9 Å². The number of nitrogens with zero attached hydrogens (tertiary/aromatic N) is 6. The van der Waals surface area contributed by atoms with Crippen molar-refractivity contribution in [3.05, 3.63) is 70.9 Å². The van der Waals surface area contributed by atoms with E-state index in [0.29, 0.717) is 18.4 Å². The second-order valence-electron chi connectivity index (χ2n) is 10.1. The van der Waals surface area contributed by atoms with Gasteiger partial charge in [-0.15, -0.1) is 0 Å². The third-order valence-corrected chi connectivity index (χ3v) is 7.24. The zero-order valence-corrected chi connectivity index (χ0v) is 21.1. The molecule has 1 aliphatic carbocycles. The molecule has 184 valence electrons. The first-order valence-corrected chi connectivity index (χ1v) is 12.8. The zero-order chi connectivity index (χ0) is 24.6. The number of anilines is 2.